The summed E-state index contributed by atoms with van der Waals surface area (Å²) in [7, 11) is 9.87. The molecule has 2 aliphatic rings. The van der Waals surface area contributed by atoms with Crippen LogP contribution in [0.3, 0.4) is 0 Å². The molecule has 0 nitrogen and oxygen atoms in total. The standard InChI is InChI=1S/C20H18.C20H16.2ClH.Zr/c2*1-14-9-18-7-4-8-19(20(18)10-14)13-15-11-16-5-2-3-6-17(16)12-15;;;/h2-9,11H,10,12-13H2,1H3;2-12H,13H2,1H3;2*1H;/q;-2;;;+2/p-2. The summed E-state index contributed by atoms with van der Waals surface area (Å²) in [6.45, 7) is 4.40. The zero-order chi connectivity index (χ0) is 29.8. The second-order valence-electron chi connectivity index (χ2n) is 11.7. The van der Waals surface area contributed by atoms with Gasteiger partial charge in [-0.1, -0.05) is 91.2 Å². The second kappa shape index (κ2) is 13.8. The topological polar surface area (TPSA) is 0 Å². The van der Waals surface area contributed by atoms with Gasteiger partial charge in [-0.3, -0.25) is 0 Å². The predicted molar refractivity (Wildman–Crippen MR) is 184 cm³/mol. The zero-order valence-corrected chi connectivity index (χ0v) is 28.6. The molecule has 6 aromatic rings. The molecule has 6 aromatic carbocycles. The Bertz CT molecular complexity index is 1920. The van der Waals surface area contributed by atoms with Crippen LogP contribution in [0.4, 0.5) is 0 Å². The quantitative estimate of drug-likeness (QED) is 0.163. The van der Waals surface area contributed by atoms with Crippen LogP contribution < -0.4 is 0 Å². The van der Waals surface area contributed by atoms with E-state index in [1.54, 1.807) is 11.1 Å². The third-order valence-corrected chi connectivity index (χ3v) is 8.47. The Labute approximate surface area is 274 Å². The molecule has 0 heterocycles. The summed E-state index contributed by atoms with van der Waals surface area (Å²) in [6.07, 6.45) is 9.06. The van der Waals surface area contributed by atoms with Crippen LogP contribution in [-0.2, 0) is 46.5 Å². The van der Waals surface area contributed by atoms with Crippen LogP contribution in [0.2, 0.25) is 0 Å². The van der Waals surface area contributed by atoms with E-state index in [2.05, 4.69) is 135 Å². The molecule has 0 atom stereocenters. The summed E-state index contributed by atoms with van der Waals surface area (Å²) in [5.41, 5.74) is 14.6. The minimum absolute atomic E-state index is 0.826. The molecule has 8 rings (SSSR count). The molecular formula is C40H34Cl2Zr-2. The first-order valence-electron chi connectivity index (χ1n) is 14.8. The van der Waals surface area contributed by atoms with E-state index in [0.29, 0.717) is 0 Å². The van der Waals surface area contributed by atoms with E-state index in [-0.39, 0.29) is 0 Å². The number of benzene rings is 4. The fourth-order valence-corrected chi connectivity index (χ4v) is 6.62. The monoisotopic (exact) mass is 674 g/mol. The Morgan fingerprint density at radius 3 is 2.23 bits per heavy atom. The number of halogens is 2. The first-order chi connectivity index (χ1) is 21.0. The SMILES string of the molecule is CC1=Cc2cccc(CC3=Cc4ccccc4C3)c2C1.Cc1cc2cccc(Cc3cc4ccccc4[cH-]3)c2[cH-]1.[Cl][Zr][Cl]. The van der Waals surface area contributed by atoms with Crippen molar-refractivity contribution < 1.29 is 20.8 Å². The molecule has 0 aromatic heterocycles. The fraction of sp³-hybridized carbons (Fsp3) is 0.150. The van der Waals surface area contributed by atoms with Gasteiger partial charge in [0.2, 0.25) is 0 Å². The summed E-state index contributed by atoms with van der Waals surface area (Å²) in [5.74, 6) is 0. The molecule has 214 valence electrons. The summed E-state index contributed by atoms with van der Waals surface area (Å²) in [5, 5.41) is 5.44. The summed E-state index contributed by atoms with van der Waals surface area (Å²) >= 11 is -0.826. The number of aryl methyl sites for hydroxylation is 1. The average molecular weight is 677 g/mol. The van der Waals surface area contributed by atoms with Gasteiger partial charge in [0, 0.05) is 0 Å². The van der Waals surface area contributed by atoms with E-state index < -0.39 is 20.8 Å². The molecule has 0 spiro atoms. The molecule has 0 saturated carbocycles. The zero-order valence-electron chi connectivity index (χ0n) is 24.6. The fourth-order valence-electron chi connectivity index (χ4n) is 6.62. The van der Waals surface area contributed by atoms with Crippen molar-refractivity contribution in [3.05, 3.63) is 165 Å². The summed E-state index contributed by atoms with van der Waals surface area (Å²) in [4.78, 5) is 0. The van der Waals surface area contributed by atoms with E-state index in [1.165, 1.54) is 66.1 Å². The molecule has 0 amide bonds. The van der Waals surface area contributed by atoms with Crippen molar-refractivity contribution in [2.24, 2.45) is 0 Å². The molecule has 3 heteroatoms. The summed E-state index contributed by atoms with van der Waals surface area (Å²) in [6, 6.07) is 39.9. The Balaban J connectivity index is 0.000000141. The number of fused-ring (bicyclic) bond motifs is 4. The molecule has 43 heavy (non-hydrogen) atoms. The Morgan fingerprint density at radius 1 is 0.674 bits per heavy atom. The molecule has 0 saturated heterocycles. The van der Waals surface area contributed by atoms with Crippen LogP contribution in [-0.4, -0.2) is 0 Å². The molecule has 0 N–H and O–H groups in total. The van der Waals surface area contributed by atoms with Crippen molar-refractivity contribution in [3.63, 3.8) is 0 Å². The van der Waals surface area contributed by atoms with Gasteiger partial charge in [0.1, 0.15) is 0 Å². The molecule has 0 unspecified atom stereocenters. The second-order valence-corrected chi connectivity index (χ2v) is 15.4. The van der Waals surface area contributed by atoms with Crippen molar-refractivity contribution in [2.75, 3.05) is 0 Å². The minimum atomic E-state index is -0.826. The van der Waals surface area contributed by atoms with Crippen LogP contribution >= 0.6 is 17.0 Å². The van der Waals surface area contributed by atoms with E-state index in [0.717, 1.165) is 25.7 Å². The van der Waals surface area contributed by atoms with Crippen molar-refractivity contribution in [1.29, 1.82) is 0 Å². The first-order valence-corrected chi connectivity index (χ1v) is 21.1. The normalized spacial score (nSPS) is 12.9. The van der Waals surface area contributed by atoms with E-state index in [4.69, 9.17) is 17.0 Å². The molecule has 0 aliphatic heterocycles. The van der Waals surface area contributed by atoms with E-state index in [1.807, 2.05) is 0 Å². The Kier molecular flexibility index (Phi) is 9.64. The van der Waals surface area contributed by atoms with Crippen LogP contribution in [0, 0.1) is 6.92 Å². The van der Waals surface area contributed by atoms with Gasteiger partial charge in [-0.25, -0.2) is 0 Å². The molecule has 0 radical (unpaired) electrons. The third-order valence-electron chi connectivity index (χ3n) is 8.47. The van der Waals surface area contributed by atoms with Crippen molar-refractivity contribution >= 4 is 50.7 Å². The Morgan fingerprint density at radius 2 is 1.40 bits per heavy atom. The van der Waals surface area contributed by atoms with Crippen LogP contribution in [0.5, 0.6) is 0 Å². The maximum absolute atomic E-state index is 4.93. The average Bonchev–Trinajstić information content (AvgIpc) is 3.77. The third kappa shape index (κ3) is 7.07. The van der Waals surface area contributed by atoms with Crippen LogP contribution in [0.1, 0.15) is 51.4 Å². The molecular weight excluding hydrogens is 643 g/mol. The predicted octanol–water partition coefficient (Wildman–Crippen LogP) is 11.5. The molecule has 0 fully saturated rings. The van der Waals surface area contributed by atoms with Gasteiger partial charge in [-0.15, -0.1) is 80.7 Å². The number of hydrogen-bond donors (Lipinski definition) is 0. The van der Waals surface area contributed by atoms with Gasteiger partial charge in [-0.05, 0) is 54.0 Å². The number of allylic oxidation sites excluding steroid dienone is 2. The van der Waals surface area contributed by atoms with Crippen molar-refractivity contribution in [1.82, 2.24) is 0 Å². The van der Waals surface area contributed by atoms with Crippen LogP contribution in [0.15, 0.2) is 120 Å². The number of hydrogen-bond acceptors (Lipinski definition) is 0. The molecule has 0 bridgehead atoms. The van der Waals surface area contributed by atoms with Crippen molar-refractivity contribution in [2.45, 2.75) is 39.5 Å². The van der Waals surface area contributed by atoms with Gasteiger partial charge in [-0.2, -0.15) is 12.1 Å². The first kappa shape index (κ1) is 30.1. The molecule has 2 aliphatic carbocycles. The van der Waals surface area contributed by atoms with Crippen molar-refractivity contribution in [3.8, 4) is 0 Å². The van der Waals surface area contributed by atoms with Gasteiger partial charge >= 0.3 is 37.9 Å². The maximum atomic E-state index is 4.93. The van der Waals surface area contributed by atoms with Gasteiger partial charge < -0.3 is 0 Å². The Hall–Kier alpha value is -2.96. The van der Waals surface area contributed by atoms with Crippen LogP contribution in [0.25, 0.3) is 33.7 Å². The number of rotatable bonds is 4. The summed E-state index contributed by atoms with van der Waals surface area (Å²) < 4.78 is 0. The van der Waals surface area contributed by atoms with E-state index in [9.17, 15) is 0 Å². The van der Waals surface area contributed by atoms with Gasteiger partial charge in [0.15, 0.2) is 0 Å². The van der Waals surface area contributed by atoms with Gasteiger partial charge in [0.25, 0.3) is 0 Å². The van der Waals surface area contributed by atoms with Gasteiger partial charge in [0.05, 0.1) is 0 Å². The van der Waals surface area contributed by atoms with E-state index >= 15 is 0 Å².